The Bertz CT molecular complexity index is 376. The highest BCUT2D eigenvalue weighted by atomic mass is 19.4. The summed E-state index contributed by atoms with van der Waals surface area (Å²) in [6.45, 7) is 8.61. The summed E-state index contributed by atoms with van der Waals surface area (Å²) in [4.78, 5) is 3.17. The van der Waals surface area contributed by atoms with E-state index in [-0.39, 0.29) is 12.5 Å². The summed E-state index contributed by atoms with van der Waals surface area (Å²) in [5, 5.41) is 0. The largest absolute Gasteiger partial charge is 0.416 e. The molecule has 0 saturated carbocycles. The van der Waals surface area contributed by atoms with Crippen LogP contribution in [0.4, 0.5) is 13.2 Å². The van der Waals surface area contributed by atoms with Crippen LogP contribution in [-0.2, 0) is 6.18 Å². The predicted molar refractivity (Wildman–Crippen MR) is 51.3 cm³/mol. The Labute approximate surface area is 86.4 Å². The van der Waals surface area contributed by atoms with E-state index in [1.54, 1.807) is 13.0 Å². The summed E-state index contributed by atoms with van der Waals surface area (Å²) < 4.78 is 37.1. The molecule has 80 valence electrons. The third-order valence-electron chi connectivity index (χ3n) is 2.15. The first kappa shape index (κ1) is 11.6. The first-order valence-electron chi connectivity index (χ1n) is 4.45. The van der Waals surface area contributed by atoms with Crippen LogP contribution in [0.3, 0.4) is 0 Å². The van der Waals surface area contributed by atoms with Crippen LogP contribution in [0.5, 0.6) is 0 Å². The molecule has 0 aliphatic carbocycles. The lowest BCUT2D eigenvalue weighted by molar-refractivity contribution is -0.137. The first-order chi connectivity index (χ1) is 6.95. The van der Waals surface area contributed by atoms with Gasteiger partial charge in [-0.15, -0.1) is 0 Å². The van der Waals surface area contributed by atoms with Crippen LogP contribution in [0.1, 0.15) is 24.0 Å². The quantitative estimate of drug-likeness (QED) is 0.659. The topological polar surface area (TPSA) is 4.36 Å². The van der Waals surface area contributed by atoms with Crippen molar-refractivity contribution in [3.05, 3.63) is 46.8 Å². The van der Waals surface area contributed by atoms with Crippen LogP contribution >= 0.6 is 0 Å². The summed E-state index contributed by atoms with van der Waals surface area (Å²) in [5.74, 6) is -0.162. The lowest BCUT2D eigenvalue weighted by Crippen LogP contribution is -2.06. The molecule has 1 aromatic rings. The van der Waals surface area contributed by atoms with Crippen molar-refractivity contribution in [2.45, 2.75) is 19.0 Å². The monoisotopic (exact) mass is 213 g/mol. The van der Waals surface area contributed by atoms with Crippen molar-refractivity contribution in [1.82, 2.24) is 0 Å². The molecule has 1 rings (SSSR count). The molecule has 0 saturated heterocycles. The molecule has 0 aliphatic rings. The zero-order valence-corrected chi connectivity index (χ0v) is 8.17. The average molecular weight is 213 g/mol. The number of nitrogens with zero attached hydrogens (tertiary/aromatic N) is 1. The van der Waals surface area contributed by atoms with Crippen molar-refractivity contribution in [2.75, 3.05) is 6.54 Å². The lowest BCUT2D eigenvalue weighted by Gasteiger charge is -2.10. The van der Waals surface area contributed by atoms with Gasteiger partial charge in [-0.05, 0) is 11.6 Å². The molecule has 1 nitrogen and oxygen atoms in total. The Morgan fingerprint density at radius 2 is 2.07 bits per heavy atom. The van der Waals surface area contributed by atoms with Gasteiger partial charge in [-0.3, -0.25) is 0 Å². The molecule has 15 heavy (non-hydrogen) atoms. The fourth-order valence-corrected chi connectivity index (χ4v) is 1.26. The number of hydrogen-bond acceptors (Lipinski definition) is 0. The molecule has 0 amide bonds. The van der Waals surface area contributed by atoms with Crippen molar-refractivity contribution < 1.29 is 13.2 Å². The summed E-state index contributed by atoms with van der Waals surface area (Å²) in [7, 11) is 0. The van der Waals surface area contributed by atoms with Crippen LogP contribution in [0.15, 0.2) is 24.3 Å². The zero-order chi connectivity index (χ0) is 11.5. The summed E-state index contributed by atoms with van der Waals surface area (Å²) in [6.07, 6.45) is -4.31. The van der Waals surface area contributed by atoms with Gasteiger partial charge in [0.25, 0.3) is 0 Å². The standard InChI is InChI=1S/C11H10F3N/c1-8(7-15-2)9-4-3-5-10(6-9)11(12,13)14/h3-6,8H,7H2,1H3. The number of halogens is 3. The zero-order valence-electron chi connectivity index (χ0n) is 8.17. The third-order valence-corrected chi connectivity index (χ3v) is 2.15. The Kier molecular flexibility index (Phi) is 3.35. The molecule has 0 bridgehead atoms. The van der Waals surface area contributed by atoms with Crippen molar-refractivity contribution in [1.29, 1.82) is 0 Å². The highest BCUT2D eigenvalue weighted by Crippen LogP contribution is 2.31. The maximum atomic E-state index is 12.4. The molecule has 0 aromatic heterocycles. The molecular formula is C11H10F3N. The van der Waals surface area contributed by atoms with E-state index in [1.807, 2.05) is 0 Å². The van der Waals surface area contributed by atoms with E-state index in [0.29, 0.717) is 5.56 Å². The second-order valence-electron chi connectivity index (χ2n) is 3.36. The van der Waals surface area contributed by atoms with Crippen LogP contribution < -0.4 is 0 Å². The highest BCUT2D eigenvalue weighted by molar-refractivity contribution is 5.28. The van der Waals surface area contributed by atoms with Crippen molar-refractivity contribution in [3.63, 3.8) is 0 Å². The minimum atomic E-state index is -4.31. The van der Waals surface area contributed by atoms with E-state index in [9.17, 15) is 13.2 Å². The second kappa shape index (κ2) is 4.35. The van der Waals surface area contributed by atoms with Crippen LogP contribution in [0, 0.1) is 6.57 Å². The number of hydrogen-bond donors (Lipinski definition) is 0. The fraction of sp³-hybridized carbons (Fsp3) is 0.364. The van der Waals surface area contributed by atoms with Gasteiger partial charge in [-0.1, -0.05) is 25.1 Å². The van der Waals surface area contributed by atoms with Gasteiger partial charge in [0.2, 0.25) is 6.54 Å². The van der Waals surface area contributed by atoms with Gasteiger partial charge < -0.3 is 4.85 Å². The Hall–Kier alpha value is -1.50. The predicted octanol–water partition coefficient (Wildman–Crippen LogP) is 3.73. The molecule has 0 radical (unpaired) electrons. The number of alkyl halides is 3. The molecule has 1 aromatic carbocycles. The van der Waals surface area contributed by atoms with Crippen molar-refractivity contribution >= 4 is 0 Å². The first-order valence-corrected chi connectivity index (χ1v) is 4.45. The lowest BCUT2D eigenvalue weighted by atomic mass is 9.99. The van der Waals surface area contributed by atoms with Gasteiger partial charge in [-0.2, -0.15) is 13.2 Å². The van der Waals surface area contributed by atoms with Gasteiger partial charge in [-0.25, -0.2) is 6.57 Å². The molecule has 0 aliphatic heterocycles. The van der Waals surface area contributed by atoms with Crippen LogP contribution in [0.25, 0.3) is 4.85 Å². The molecule has 4 heteroatoms. The van der Waals surface area contributed by atoms with Gasteiger partial charge in [0.05, 0.1) is 11.5 Å². The molecule has 0 spiro atoms. The SMILES string of the molecule is [C-]#[N+]CC(C)c1cccc(C(F)(F)F)c1. The third kappa shape index (κ3) is 2.98. The molecule has 0 N–H and O–H groups in total. The minimum absolute atomic E-state index is 0.162. The Morgan fingerprint density at radius 1 is 1.40 bits per heavy atom. The Balaban J connectivity index is 2.99. The molecule has 0 heterocycles. The summed E-state index contributed by atoms with van der Waals surface area (Å²) in [5.41, 5.74) is -0.0994. The van der Waals surface area contributed by atoms with Crippen LogP contribution in [-0.4, -0.2) is 6.54 Å². The van der Waals surface area contributed by atoms with Crippen LogP contribution in [0.2, 0.25) is 0 Å². The normalized spacial score (nSPS) is 13.3. The molecular weight excluding hydrogens is 203 g/mol. The van der Waals surface area contributed by atoms with E-state index in [0.717, 1.165) is 12.1 Å². The minimum Gasteiger partial charge on any atom is -0.316 e. The van der Waals surface area contributed by atoms with Gasteiger partial charge in [0.1, 0.15) is 0 Å². The number of benzene rings is 1. The molecule has 1 atom stereocenters. The van der Waals surface area contributed by atoms with E-state index >= 15 is 0 Å². The van der Waals surface area contributed by atoms with Gasteiger partial charge >= 0.3 is 6.18 Å². The average Bonchev–Trinajstić information content (AvgIpc) is 2.17. The molecule has 1 unspecified atom stereocenters. The number of rotatable bonds is 2. The van der Waals surface area contributed by atoms with Crippen molar-refractivity contribution in [3.8, 4) is 0 Å². The van der Waals surface area contributed by atoms with Gasteiger partial charge in [0, 0.05) is 0 Å². The summed E-state index contributed by atoms with van der Waals surface area (Å²) >= 11 is 0. The smallest absolute Gasteiger partial charge is 0.316 e. The van der Waals surface area contributed by atoms with E-state index in [1.165, 1.54) is 6.07 Å². The van der Waals surface area contributed by atoms with E-state index < -0.39 is 11.7 Å². The Morgan fingerprint density at radius 3 is 2.60 bits per heavy atom. The fourth-order valence-electron chi connectivity index (χ4n) is 1.26. The van der Waals surface area contributed by atoms with Crippen molar-refractivity contribution in [2.24, 2.45) is 0 Å². The summed E-state index contributed by atoms with van der Waals surface area (Å²) in [6, 6.07) is 5.13. The van der Waals surface area contributed by atoms with Gasteiger partial charge in [0.15, 0.2) is 0 Å². The second-order valence-corrected chi connectivity index (χ2v) is 3.36. The van der Waals surface area contributed by atoms with E-state index in [2.05, 4.69) is 4.85 Å². The highest BCUT2D eigenvalue weighted by Gasteiger charge is 2.30. The van der Waals surface area contributed by atoms with E-state index in [4.69, 9.17) is 6.57 Å². The maximum Gasteiger partial charge on any atom is 0.416 e. The molecule has 0 fully saturated rings. The maximum absolute atomic E-state index is 12.4.